The van der Waals surface area contributed by atoms with Gasteiger partial charge in [-0.05, 0) is 19.3 Å². The van der Waals surface area contributed by atoms with Crippen molar-refractivity contribution >= 4 is 0 Å². The second kappa shape index (κ2) is 10.4. The molecular weight excluding hydrogens is 152 g/mol. The van der Waals surface area contributed by atoms with Crippen molar-refractivity contribution in [2.24, 2.45) is 0 Å². The predicted octanol–water partition coefficient (Wildman–Crippen LogP) is 1.91. The molecule has 0 saturated heterocycles. The summed E-state index contributed by atoms with van der Waals surface area (Å²) in [6.07, 6.45) is 9.10. The highest BCUT2D eigenvalue weighted by atomic mass is 16.5. The fourth-order valence-corrected chi connectivity index (χ4v) is 0.780. The van der Waals surface area contributed by atoms with Gasteiger partial charge in [-0.3, -0.25) is 0 Å². The zero-order valence-corrected chi connectivity index (χ0v) is 7.54. The number of rotatable bonds is 8. The summed E-state index contributed by atoms with van der Waals surface area (Å²) in [7, 11) is 0. The maximum absolute atomic E-state index is 8.39. The first-order chi connectivity index (χ1) is 5.91. The molecule has 0 amide bonds. The molecular formula is C10H18O2. The summed E-state index contributed by atoms with van der Waals surface area (Å²) in [6, 6.07) is 0. The van der Waals surface area contributed by atoms with Gasteiger partial charge in [0.1, 0.15) is 0 Å². The quantitative estimate of drug-likeness (QED) is 0.445. The van der Waals surface area contributed by atoms with Gasteiger partial charge < -0.3 is 9.84 Å². The van der Waals surface area contributed by atoms with Crippen molar-refractivity contribution in [2.75, 3.05) is 19.8 Å². The Bertz CT molecular complexity index is 119. The standard InChI is InChI=1S/C10H18O2/c1-2-3-4-5-6-7-9-12-10-8-11/h2,4-5,11H,1,3,6-10H2/b5-4+. The zero-order chi connectivity index (χ0) is 9.07. The lowest BCUT2D eigenvalue weighted by atomic mass is 10.3. The molecule has 2 heteroatoms. The van der Waals surface area contributed by atoms with E-state index in [2.05, 4.69) is 18.7 Å². The number of hydrogen-bond donors (Lipinski definition) is 1. The summed E-state index contributed by atoms with van der Waals surface area (Å²) in [5.41, 5.74) is 0. The first kappa shape index (κ1) is 11.4. The molecule has 0 aromatic heterocycles. The van der Waals surface area contributed by atoms with Gasteiger partial charge in [0, 0.05) is 6.61 Å². The van der Waals surface area contributed by atoms with Crippen LogP contribution in [0.15, 0.2) is 24.8 Å². The topological polar surface area (TPSA) is 29.5 Å². The van der Waals surface area contributed by atoms with Gasteiger partial charge in [0.15, 0.2) is 0 Å². The minimum Gasteiger partial charge on any atom is -0.394 e. The van der Waals surface area contributed by atoms with Crippen molar-refractivity contribution < 1.29 is 9.84 Å². The van der Waals surface area contributed by atoms with Gasteiger partial charge in [0.05, 0.1) is 13.2 Å². The molecule has 0 rings (SSSR count). The van der Waals surface area contributed by atoms with E-state index in [1.807, 2.05) is 6.08 Å². The molecule has 0 aromatic rings. The van der Waals surface area contributed by atoms with E-state index < -0.39 is 0 Å². The maximum atomic E-state index is 8.39. The summed E-state index contributed by atoms with van der Waals surface area (Å²) in [5, 5.41) is 8.39. The lowest BCUT2D eigenvalue weighted by molar-refractivity contribution is 0.0911. The van der Waals surface area contributed by atoms with E-state index in [4.69, 9.17) is 9.84 Å². The van der Waals surface area contributed by atoms with Gasteiger partial charge in [-0.15, -0.1) is 6.58 Å². The Balaban J connectivity index is 2.94. The summed E-state index contributed by atoms with van der Waals surface area (Å²) in [6.45, 7) is 4.92. The molecule has 2 nitrogen and oxygen atoms in total. The Morgan fingerprint density at radius 2 is 2.08 bits per heavy atom. The maximum Gasteiger partial charge on any atom is 0.0697 e. The van der Waals surface area contributed by atoms with Gasteiger partial charge in [-0.1, -0.05) is 18.2 Å². The fourth-order valence-electron chi connectivity index (χ4n) is 0.780. The third kappa shape index (κ3) is 9.40. The molecule has 0 unspecified atom stereocenters. The summed E-state index contributed by atoms with van der Waals surface area (Å²) in [5.74, 6) is 0. The van der Waals surface area contributed by atoms with Crippen LogP contribution in [0.2, 0.25) is 0 Å². The molecule has 0 atom stereocenters. The minimum absolute atomic E-state index is 0.117. The van der Waals surface area contributed by atoms with E-state index in [0.29, 0.717) is 6.61 Å². The molecule has 0 saturated carbocycles. The van der Waals surface area contributed by atoms with Crippen LogP contribution < -0.4 is 0 Å². The normalized spacial score (nSPS) is 10.8. The summed E-state index contributed by atoms with van der Waals surface area (Å²) < 4.78 is 5.09. The average Bonchev–Trinajstić information content (AvgIpc) is 2.10. The van der Waals surface area contributed by atoms with Crippen molar-refractivity contribution in [2.45, 2.75) is 19.3 Å². The van der Waals surface area contributed by atoms with E-state index in [0.717, 1.165) is 25.9 Å². The van der Waals surface area contributed by atoms with Crippen molar-refractivity contribution in [1.29, 1.82) is 0 Å². The van der Waals surface area contributed by atoms with Crippen LogP contribution in [-0.4, -0.2) is 24.9 Å². The van der Waals surface area contributed by atoms with Crippen molar-refractivity contribution in [3.05, 3.63) is 24.8 Å². The third-order valence-corrected chi connectivity index (χ3v) is 1.36. The Morgan fingerprint density at radius 1 is 1.25 bits per heavy atom. The molecule has 0 aliphatic rings. The van der Waals surface area contributed by atoms with Crippen LogP contribution in [-0.2, 0) is 4.74 Å². The van der Waals surface area contributed by atoms with Crippen LogP contribution in [0.5, 0.6) is 0 Å². The fraction of sp³-hybridized carbons (Fsp3) is 0.600. The summed E-state index contributed by atoms with van der Waals surface area (Å²) in [4.78, 5) is 0. The predicted molar refractivity (Wildman–Crippen MR) is 51.1 cm³/mol. The molecule has 0 aliphatic carbocycles. The van der Waals surface area contributed by atoms with Crippen molar-refractivity contribution in [1.82, 2.24) is 0 Å². The van der Waals surface area contributed by atoms with E-state index in [1.54, 1.807) is 0 Å². The molecule has 0 aromatic carbocycles. The second-order valence-electron chi connectivity index (χ2n) is 2.47. The van der Waals surface area contributed by atoms with Crippen LogP contribution >= 0.6 is 0 Å². The van der Waals surface area contributed by atoms with Gasteiger partial charge in [-0.2, -0.15) is 0 Å². The monoisotopic (exact) mass is 170 g/mol. The molecule has 1 N–H and O–H groups in total. The zero-order valence-electron chi connectivity index (χ0n) is 7.54. The molecule has 0 spiro atoms. The van der Waals surface area contributed by atoms with Gasteiger partial charge in [0.25, 0.3) is 0 Å². The van der Waals surface area contributed by atoms with Crippen molar-refractivity contribution in [3.8, 4) is 0 Å². The first-order valence-electron chi connectivity index (χ1n) is 4.36. The SMILES string of the molecule is C=CC/C=C/CCCOCCO. The van der Waals surface area contributed by atoms with Gasteiger partial charge >= 0.3 is 0 Å². The van der Waals surface area contributed by atoms with Crippen molar-refractivity contribution in [3.63, 3.8) is 0 Å². The molecule has 0 heterocycles. The molecule has 0 fully saturated rings. The average molecular weight is 170 g/mol. The molecule has 0 bridgehead atoms. The number of ether oxygens (including phenoxy) is 1. The number of aliphatic hydroxyl groups excluding tert-OH is 1. The Labute approximate surface area is 74.6 Å². The number of aliphatic hydroxyl groups is 1. The van der Waals surface area contributed by atoms with Gasteiger partial charge in [-0.25, -0.2) is 0 Å². The second-order valence-corrected chi connectivity index (χ2v) is 2.47. The number of allylic oxidation sites excluding steroid dienone is 3. The molecule has 12 heavy (non-hydrogen) atoms. The van der Waals surface area contributed by atoms with E-state index in [1.165, 1.54) is 0 Å². The smallest absolute Gasteiger partial charge is 0.0697 e. The minimum atomic E-state index is 0.117. The van der Waals surface area contributed by atoms with Gasteiger partial charge in [0.2, 0.25) is 0 Å². The third-order valence-electron chi connectivity index (χ3n) is 1.36. The van der Waals surface area contributed by atoms with Crippen LogP contribution in [0.4, 0.5) is 0 Å². The first-order valence-corrected chi connectivity index (χ1v) is 4.36. The summed E-state index contributed by atoms with van der Waals surface area (Å²) >= 11 is 0. The Kier molecular flexibility index (Phi) is 9.88. The number of hydrogen-bond acceptors (Lipinski definition) is 2. The highest BCUT2D eigenvalue weighted by molar-refractivity contribution is 4.87. The lowest BCUT2D eigenvalue weighted by Gasteiger charge is -1.98. The Morgan fingerprint density at radius 3 is 2.75 bits per heavy atom. The molecule has 0 radical (unpaired) electrons. The van der Waals surface area contributed by atoms with Crippen LogP contribution in [0, 0.1) is 0 Å². The molecule has 0 aliphatic heterocycles. The largest absolute Gasteiger partial charge is 0.394 e. The Hall–Kier alpha value is -0.600. The number of unbranched alkanes of at least 4 members (excludes halogenated alkanes) is 1. The van der Waals surface area contributed by atoms with Crippen LogP contribution in [0.1, 0.15) is 19.3 Å². The molecule has 70 valence electrons. The van der Waals surface area contributed by atoms with E-state index >= 15 is 0 Å². The van der Waals surface area contributed by atoms with Crippen LogP contribution in [0.25, 0.3) is 0 Å². The highest BCUT2D eigenvalue weighted by Crippen LogP contribution is 1.93. The van der Waals surface area contributed by atoms with E-state index in [9.17, 15) is 0 Å². The highest BCUT2D eigenvalue weighted by Gasteiger charge is 1.84. The lowest BCUT2D eigenvalue weighted by Crippen LogP contribution is -1.99. The van der Waals surface area contributed by atoms with Crippen LogP contribution in [0.3, 0.4) is 0 Å². The van der Waals surface area contributed by atoms with E-state index in [-0.39, 0.29) is 6.61 Å².